The van der Waals surface area contributed by atoms with Crippen molar-refractivity contribution in [3.63, 3.8) is 0 Å². The van der Waals surface area contributed by atoms with Crippen molar-refractivity contribution < 1.29 is 4.42 Å². The molecule has 6 heteroatoms. The zero-order valence-corrected chi connectivity index (χ0v) is 12.5. The molecular weight excluding hydrogens is 254 g/mol. The summed E-state index contributed by atoms with van der Waals surface area (Å²) in [6.07, 6.45) is 4.93. The Bertz CT molecular complexity index is 435. The molecule has 0 aromatic carbocycles. The first-order chi connectivity index (χ1) is 9.78. The van der Waals surface area contributed by atoms with Gasteiger partial charge in [-0.3, -0.25) is 4.90 Å². The Labute approximate surface area is 120 Å². The number of nitrogens with zero attached hydrogens (tertiary/aromatic N) is 4. The molecule has 3 heterocycles. The molecule has 20 heavy (non-hydrogen) atoms. The third kappa shape index (κ3) is 2.81. The van der Waals surface area contributed by atoms with Crippen LogP contribution in [0.25, 0.3) is 0 Å². The van der Waals surface area contributed by atoms with Gasteiger partial charge < -0.3 is 14.6 Å². The minimum absolute atomic E-state index is 0.635. The molecule has 1 aromatic rings. The van der Waals surface area contributed by atoms with E-state index >= 15 is 0 Å². The second-order valence-corrected chi connectivity index (χ2v) is 5.94. The lowest BCUT2D eigenvalue weighted by molar-refractivity contribution is 0.254. The number of fused-ring (bicyclic) bond motifs is 2. The lowest BCUT2D eigenvalue weighted by Crippen LogP contribution is -2.36. The van der Waals surface area contributed by atoms with Crippen LogP contribution in [-0.4, -0.2) is 53.9 Å². The molecule has 2 aliphatic rings. The van der Waals surface area contributed by atoms with Crippen LogP contribution in [0.15, 0.2) is 4.42 Å². The van der Waals surface area contributed by atoms with E-state index in [0.717, 1.165) is 32.1 Å². The molecule has 0 saturated carbocycles. The molecule has 1 aromatic heterocycles. The van der Waals surface area contributed by atoms with Crippen LogP contribution in [0.1, 0.15) is 38.5 Å². The standard InChI is InChI=1S/C14H25N5O/c1-3-7-15-9-13-16-17-14(20-13)19-8-6-11-4-5-12(10-19)18(11)2/h11-12,15H,3-10H2,1-2H3. The Balaban J connectivity index is 1.61. The molecule has 2 saturated heterocycles. The first-order valence-electron chi connectivity index (χ1n) is 7.78. The molecule has 2 unspecified atom stereocenters. The second kappa shape index (κ2) is 6.10. The fourth-order valence-corrected chi connectivity index (χ4v) is 3.30. The zero-order valence-electron chi connectivity index (χ0n) is 12.5. The highest BCUT2D eigenvalue weighted by Gasteiger charge is 2.35. The van der Waals surface area contributed by atoms with Crippen molar-refractivity contribution >= 4 is 6.01 Å². The van der Waals surface area contributed by atoms with E-state index in [4.69, 9.17) is 4.42 Å². The van der Waals surface area contributed by atoms with E-state index in [1.54, 1.807) is 0 Å². The van der Waals surface area contributed by atoms with Crippen molar-refractivity contribution in [2.45, 2.75) is 51.2 Å². The van der Waals surface area contributed by atoms with Crippen molar-refractivity contribution in [3.05, 3.63) is 5.89 Å². The predicted octanol–water partition coefficient (Wildman–Crippen LogP) is 1.24. The van der Waals surface area contributed by atoms with Crippen LogP contribution in [0.2, 0.25) is 0 Å². The van der Waals surface area contributed by atoms with E-state index in [1.165, 1.54) is 19.3 Å². The third-order valence-corrected chi connectivity index (χ3v) is 4.58. The Morgan fingerprint density at radius 2 is 2.10 bits per heavy atom. The summed E-state index contributed by atoms with van der Waals surface area (Å²) in [7, 11) is 2.25. The Morgan fingerprint density at radius 3 is 2.95 bits per heavy atom. The van der Waals surface area contributed by atoms with E-state index in [2.05, 4.69) is 39.3 Å². The summed E-state index contributed by atoms with van der Waals surface area (Å²) in [5, 5.41) is 11.7. The number of hydrogen-bond acceptors (Lipinski definition) is 6. The highest BCUT2D eigenvalue weighted by atomic mass is 16.4. The number of nitrogens with one attached hydrogen (secondary N) is 1. The van der Waals surface area contributed by atoms with Gasteiger partial charge in [0, 0.05) is 25.2 Å². The normalized spacial score (nSPS) is 27.0. The highest BCUT2D eigenvalue weighted by molar-refractivity contribution is 5.26. The summed E-state index contributed by atoms with van der Waals surface area (Å²) in [5.41, 5.74) is 0. The fraction of sp³-hybridized carbons (Fsp3) is 0.857. The fourth-order valence-electron chi connectivity index (χ4n) is 3.30. The van der Waals surface area contributed by atoms with Gasteiger partial charge in [-0.1, -0.05) is 12.0 Å². The lowest BCUT2D eigenvalue weighted by atomic mass is 10.1. The minimum Gasteiger partial charge on any atom is -0.407 e. The molecule has 0 spiro atoms. The van der Waals surface area contributed by atoms with Crippen molar-refractivity contribution in [1.82, 2.24) is 20.4 Å². The SMILES string of the molecule is CCCNCc1nnc(N2CCC3CCC(C2)N3C)o1. The Kier molecular flexibility index (Phi) is 4.21. The topological polar surface area (TPSA) is 57.4 Å². The van der Waals surface area contributed by atoms with Crippen LogP contribution in [0.4, 0.5) is 6.01 Å². The summed E-state index contributed by atoms with van der Waals surface area (Å²) >= 11 is 0. The first-order valence-corrected chi connectivity index (χ1v) is 7.78. The maximum absolute atomic E-state index is 5.79. The number of aromatic nitrogens is 2. The van der Waals surface area contributed by atoms with Crippen LogP contribution in [0.3, 0.4) is 0 Å². The van der Waals surface area contributed by atoms with Gasteiger partial charge in [-0.05, 0) is 39.3 Å². The van der Waals surface area contributed by atoms with Crippen molar-refractivity contribution in [3.8, 4) is 0 Å². The lowest BCUT2D eigenvalue weighted by Gasteiger charge is -2.24. The summed E-state index contributed by atoms with van der Waals surface area (Å²) in [6.45, 7) is 5.83. The number of anilines is 1. The van der Waals surface area contributed by atoms with Gasteiger partial charge >= 0.3 is 6.01 Å². The number of rotatable bonds is 5. The minimum atomic E-state index is 0.635. The van der Waals surface area contributed by atoms with Crippen molar-refractivity contribution in [2.24, 2.45) is 0 Å². The molecule has 0 aliphatic carbocycles. The molecule has 2 atom stereocenters. The zero-order chi connectivity index (χ0) is 13.9. The molecule has 2 aliphatic heterocycles. The van der Waals surface area contributed by atoms with Crippen LogP contribution in [0.5, 0.6) is 0 Å². The van der Waals surface area contributed by atoms with E-state index < -0.39 is 0 Å². The summed E-state index contributed by atoms with van der Waals surface area (Å²) < 4.78 is 5.79. The molecule has 3 rings (SSSR count). The quantitative estimate of drug-likeness (QED) is 0.819. The molecule has 0 radical (unpaired) electrons. The Morgan fingerprint density at radius 1 is 1.25 bits per heavy atom. The van der Waals surface area contributed by atoms with Crippen LogP contribution < -0.4 is 10.2 Å². The van der Waals surface area contributed by atoms with E-state index in [9.17, 15) is 0 Å². The van der Waals surface area contributed by atoms with Crippen LogP contribution >= 0.6 is 0 Å². The van der Waals surface area contributed by atoms with E-state index in [1.807, 2.05) is 0 Å². The van der Waals surface area contributed by atoms with Gasteiger partial charge in [-0.2, -0.15) is 0 Å². The van der Waals surface area contributed by atoms with Gasteiger partial charge in [-0.15, -0.1) is 5.10 Å². The van der Waals surface area contributed by atoms with Crippen LogP contribution in [0, 0.1) is 0 Å². The molecule has 6 nitrogen and oxygen atoms in total. The predicted molar refractivity (Wildman–Crippen MR) is 77.7 cm³/mol. The van der Waals surface area contributed by atoms with Crippen molar-refractivity contribution in [1.29, 1.82) is 0 Å². The number of likely N-dealkylation sites (N-methyl/N-ethyl adjacent to an activating group) is 1. The maximum Gasteiger partial charge on any atom is 0.318 e. The number of hydrogen-bond donors (Lipinski definition) is 1. The average molecular weight is 279 g/mol. The molecular formula is C14H25N5O. The van der Waals surface area contributed by atoms with Gasteiger partial charge in [0.15, 0.2) is 0 Å². The molecule has 112 valence electrons. The van der Waals surface area contributed by atoms with Gasteiger partial charge in [0.25, 0.3) is 0 Å². The molecule has 1 N–H and O–H groups in total. The Hall–Kier alpha value is -1.14. The molecule has 2 bridgehead atoms. The maximum atomic E-state index is 5.79. The average Bonchev–Trinajstić information content (AvgIpc) is 2.97. The van der Waals surface area contributed by atoms with Gasteiger partial charge in [0.1, 0.15) is 0 Å². The summed E-state index contributed by atoms with van der Waals surface area (Å²) in [5.74, 6) is 0.691. The third-order valence-electron chi connectivity index (χ3n) is 4.58. The van der Waals surface area contributed by atoms with Gasteiger partial charge in [-0.25, -0.2) is 0 Å². The second-order valence-electron chi connectivity index (χ2n) is 5.94. The molecule has 0 amide bonds. The summed E-state index contributed by atoms with van der Waals surface area (Å²) in [6, 6.07) is 2.06. The first kappa shape index (κ1) is 13.8. The summed E-state index contributed by atoms with van der Waals surface area (Å²) in [4.78, 5) is 4.79. The van der Waals surface area contributed by atoms with Gasteiger partial charge in [0.05, 0.1) is 6.54 Å². The van der Waals surface area contributed by atoms with Gasteiger partial charge in [0.2, 0.25) is 5.89 Å². The van der Waals surface area contributed by atoms with Crippen LogP contribution in [-0.2, 0) is 6.54 Å². The van der Waals surface area contributed by atoms with E-state index in [0.29, 0.717) is 24.5 Å². The molecule has 2 fully saturated rings. The van der Waals surface area contributed by atoms with E-state index in [-0.39, 0.29) is 0 Å². The highest BCUT2D eigenvalue weighted by Crippen LogP contribution is 2.30. The van der Waals surface area contributed by atoms with Crippen molar-refractivity contribution in [2.75, 3.05) is 31.6 Å². The monoisotopic (exact) mass is 279 g/mol. The smallest absolute Gasteiger partial charge is 0.318 e. The largest absolute Gasteiger partial charge is 0.407 e.